The number of ketones is 1. The minimum Gasteiger partial charge on any atom is -0.445 e. The largest absolute Gasteiger partial charge is 0.445 e. The van der Waals surface area contributed by atoms with E-state index < -0.39 is 12.1 Å². The van der Waals surface area contributed by atoms with Gasteiger partial charge in [0.2, 0.25) is 5.78 Å². The highest BCUT2D eigenvalue weighted by molar-refractivity contribution is 6.02. The van der Waals surface area contributed by atoms with Crippen molar-refractivity contribution >= 4 is 11.8 Å². The summed E-state index contributed by atoms with van der Waals surface area (Å²) in [7, 11) is 0. The van der Waals surface area contributed by atoms with Gasteiger partial charge in [-0.3, -0.25) is 4.79 Å². The second kappa shape index (κ2) is 8.22. The predicted molar refractivity (Wildman–Crippen MR) is 111 cm³/mol. The van der Waals surface area contributed by atoms with E-state index in [9.17, 15) is 9.59 Å². The molecule has 1 unspecified atom stereocenters. The minimum absolute atomic E-state index is 0.00170. The minimum atomic E-state index is -0.988. The van der Waals surface area contributed by atoms with Crippen molar-refractivity contribution in [2.75, 3.05) is 0 Å². The first-order valence-electron chi connectivity index (χ1n) is 9.32. The van der Waals surface area contributed by atoms with Crippen molar-refractivity contribution in [3.8, 4) is 0 Å². The molecule has 0 aliphatic rings. The first-order valence-corrected chi connectivity index (χ1v) is 9.32. The van der Waals surface area contributed by atoms with Crippen LogP contribution in [-0.2, 0) is 10.2 Å². The van der Waals surface area contributed by atoms with E-state index in [-0.39, 0.29) is 11.2 Å². The molecule has 0 spiro atoms. The Labute approximate surface area is 166 Å². The standard InChI is InChI=1S/C25H24O3/c1-25(2,3)21-16-14-20(15-17-21)24(27)28-23(19-12-8-5-9-13-19)22(26)18-10-6-4-7-11-18/h4-17,23H,1-3H3. The fourth-order valence-corrected chi connectivity index (χ4v) is 2.94. The van der Waals surface area contributed by atoms with E-state index in [1.165, 1.54) is 0 Å². The quantitative estimate of drug-likeness (QED) is 0.422. The lowest BCUT2D eigenvalue weighted by Gasteiger charge is -2.20. The first kappa shape index (κ1) is 19.6. The highest BCUT2D eigenvalue weighted by Crippen LogP contribution is 2.26. The van der Waals surface area contributed by atoms with Gasteiger partial charge in [0.05, 0.1) is 5.56 Å². The van der Waals surface area contributed by atoms with Crippen molar-refractivity contribution < 1.29 is 14.3 Å². The van der Waals surface area contributed by atoms with E-state index in [0.29, 0.717) is 16.7 Å². The van der Waals surface area contributed by atoms with Gasteiger partial charge in [-0.05, 0) is 23.1 Å². The molecule has 28 heavy (non-hydrogen) atoms. The molecule has 3 nitrogen and oxygen atoms in total. The van der Waals surface area contributed by atoms with Crippen LogP contribution in [0.3, 0.4) is 0 Å². The van der Waals surface area contributed by atoms with Crippen LogP contribution in [0.5, 0.6) is 0 Å². The molecule has 0 saturated heterocycles. The average Bonchev–Trinajstić information content (AvgIpc) is 2.72. The van der Waals surface area contributed by atoms with Crippen LogP contribution in [0.4, 0.5) is 0 Å². The Morgan fingerprint density at radius 1 is 0.714 bits per heavy atom. The van der Waals surface area contributed by atoms with Gasteiger partial charge in [0, 0.05) is 11.1 Å². The Morgan fingerprint density at radius 2 is 1.25 bits per heavy atom. The van der Waals surface area contributed by atoms with Gasteiger partial charge in [0.25, 0.3) is 0 Å². The molecule has 3 rings (SSSR count). The summed E-state index contributed by atoms with van der Waals surface area (Å²) < 4.78 is 5.68. The van der Waals surface area contributed by atoms with E-state index in [1.807, 2.05) is 36.4 Å². The van der Waals surface area contributed by atoms with Crippen molar-refractivity contribution in [1.82, 2.24) is 0 Å². The molecule has 0 radical (unpaired) electrons. The fourth-order valence-electron chi connectivity index (χ4n) is 2.94. The molecule has 1 atom stereocenters. The van der Waals surface area contributed by atoms with Crippen LogP contribution in [0.1, 0.15) is 58.7 Å². The molecule has 0 fully saturated rings. The SMILES string of the molecule is CC(C)(C)c1ccc(C(=O)OC(C(=O)c2ccccc2)c2ccccc2)cc1. The van der Waals surface area contributed by atoms with Crippen molar-refractivity contribution in [3.63, 3.8) is 0 Å². The Bertz CT molecular complexity index is 937. The third kappa shape index (κ3) is 4.55. The second-order valence-corrected chi connectivity index (χ2v) is 7.75. The van der Waals surface area contributed by atoms with Gasteiger partial charge in [0.1, 0.15) is 0 Å². The summed E-state index contributed by atoms with van der Waals surface area (Å²) in [5.41, 5.74) is 2.71. The average molecular weight is 372 g/mol. The van der Waals surface area contributed by atoms with Crippen LogP contribution < -0.4 is 0 Å². The van der Waals surface area contributed by atoms with Gasteiger partial charge >= 0.3 is 5.97 Å². The maximum absolute atomic E-state index is 13.0. The molecule has 0 heterocycles. The number of esters is 1. The summed E-state index contributed by atoms with van der Waals surface area (Å²) >= 11 is 0. The third-order valence-corrected chi connectivity index (χ3v) is 4.61. The lowest BCUT2D eigenvalue weighted by molar-refractivity contribution is 0.0280. The first-order chi connectivity index (χ1) is 13.4. The number of carbonyl (C=O) groups excluding carboxylic acids is 2. The van der Waals surface area contributed by atoms with Crippen molar-refractivity contribution in [3.05, 3.63) is 107 Å². The Kier molecular flexibility index (Phi) is 5.74. The van der Waals surface area contributed by atoms with Gasteiger partial charge in [-0.15, -0.1) is 0 Å². The van der Waals surface area contributed by atoms with Crippen molar-refractivity contribution in [1.29, 1.82) is 0 Å². The van der Waals surface area contributed by atoms with Crippen LogP contribution in [0, 0.1) is 0 Å². The van der Waals surface area contributed by atoms with Gasteiger partial charge in [0.15, 0.2) is 6.10 Å². The van der Waals surface area contributed by atoms with Crippen LogP contribution in [-0.4, -0.2) is 11.8 Å². The van der Waals surface area contributed by atoms with E-state index in [2.05, 4.69) is 20.8 Å². The summed E-state index contributed by atoms with van der Waals surface area (Å²) in [4.78, 5) is 25.8. The number of hydrogen-bond acceptors (Lipinski definition) is 3. The lowest BCUT2D eigenvalue weighted by Crippen LogP contribution is -2.20. The zero-order valence-corrected chi connectivity index (χ0v) is 16.4. The molecule has 0 aromatic heterocycles. The highest BCUT2D eigenvalue weighted by atomic mass is 16.5. The molecule has 142 valence electrons. The van der Waals surface area contributed by atoms with E-state index >= 15 is 0 Å². The number of benzene rings is 3. The second-order valence-electron chi connectivity index (χ2n) is 7.75. The zero-order valence-electron chi connectivity index (χ0n) is 16.4. The summed E-state index contributed by atoms with van der Waals surface area (Å²) in [5, 5.41) is 0. The van der Waals surface area contributed by atoms with Crippen molar-refractivity contribution in [2.24, 2.45) is 0 Å². The number of ether oxygens (including phenoxy) is 1. The summed E-state index contributed by atoms with van der Waals surface area (Å²) in [6.45, 7) is 6.35. The molecule has 0 aliphatic heterocycles. The van der Waals surface area contributed by atoms with Crippen LogP contribution in [0.2, 0.25) is 0 Å². The Morgan fingerprint density at radius 3 is 1.79 bits per heavy atom. The molecular formula is C25H24O3. The molecule has 0 amide bonds. The number of Topliss-reactive ketones (excluding diaryl/α,β-unsaturated/α-hetero) is 1. The summed E-state index contributed by atoms with van der Waals surface area (Å²) in [5.74, 6) is -0.759. The van der Waals surface area contributed by atoms with Crippen LogP contribution in [0.15, 0.2) is 84.9 Å². The number of hydrogen-bond donors (Lipinski definition) is 0. The van der Waals surface area contributed by atoms with Crippen LogP contribution >= 0.6 is 0 Å². The molecule has 0 aliphatic carbocycles. The van der Waals surface area contributed by atoms with E-state index in [0.717, 1.165) is 5.56 Å². The summed E-state index contributed by atoms with van der Waals surface area (Å²) in [6.07, 6.45) is -0.988. The molecule has 0 N–H and O–H groups in total. The normalized spacial score (nSPS) is 12.2. The maximum atomic E-state index is 13.0. The molecule has 3 aromatic rings. The lowest BCUT2D eigenvalue weighted by atomic mass is 9.87. The zero-order chi connectivity index (χ0) is 20.1. The fraction of sp³-hybridized carbons (Fsp3) is 0.200. The molecular weight excluding hydrogens is 348 g/mol. The summed E-state index contributed by atoms with van der Waals surface area (Å²) in [6, 6.07) is 25.3. The van der Waals surface area contributed by atoms with Gasteiger partial charge < -0.3 is 4.74 Å². The predicted octanol–water partition coefficient (Wildman–Crippen LogP) is 5.77. The van der Waals surface area contributed by atoms with Crippen LogP contribution in [0.25, 0.3) is 0 Å². The van der Waals surface area contributed by atoms with Gasteiger partial charge in [-0.2, -0.15) is 0 Å². The molecule has 3 aromatic carbocycles. The number of carbonyl (C=O) groups is 2. The smallest absolute Gasteiger partial charge is 0.339 e. The third-order valence-electron chi connectivity index (χ3n) is 4.61. The number of rotatable bonds is 5. The Hall–Kier alpha value is -3.20. The molecule has 0 saturated carbocycles. The van der Waals surface area contributed by atoms with E-state index in [1.54, 1.807) is 48.5 Å². The molecule has 3 heteroatoms. The maximum Gasteiger partial charge on any atom is 0.339 e. The monoisotopic (exact) mass is 372 g/mol. The van der Waals surface area contributed by atoms with Gasteiger partial charge in [-0.25, -0.2) is 4.79 Å². The Balaban J connectivity index is 1.87. The van der Waals surface area contributed by atoms with E-state index in [4.69, 9.17) is 4.74 Å². The topological polar surface area (TPSA) is 43.4 Å². The highest BCUT2D eigenvalue weighted by Gasteiger charge is 2.26. The molecule has 0 bridgehead atoms. The van der Waals surface area contributed by atoms with Crippen molar-refractivity contribution in [2.45, 2.75) is 32.3 Å². The van der Waals surface area contributed by atoms with Gasteiger partial charge in [-0.1, -0.05) is 93.6 Å².